The molecule has 3 N–H and O–H groups in total. The molecular formula is C16H23NO4. The van der Waals surface area contributed by atoms with Gasteiger partial charge in [0, 0.05) is 6.08 Å². The van der Waals surface area contributed by atoms with Crippen LogP contribution in [0.15, 0.2) is 42.5 Å². The molecule has 0 aliphatic heterocycles. The van der Waals surface area contributed by atoms with Crippen molar-refractivity contribution in [2.45, 2.75) is 27.4 Å². The highest BCUT2D eigenvalue weighted by molar-refractivity contribution is 5.79. The molecule has 1 aromatic rings. The molecule has 5 heteroatoms. The third-order valence-electron chi connectivity index (χ3n) is 2.14. The molecule has 1 aromatic carbocycles. The molecule has 0 saturated heterocycles. The first-order valence-corrected chi connectivity index (χ1v) is 6.56. The second-order valence-corrected chi connectivity index (χ2v) is 5.39. The molecule has 0 unspecified atom stereocenters. The lowest BCUT2D eigenvalue weighted by atomic mass is 9.96. The Hall–Kier alpha value is -2.14. The number of rotatable bonds is 4. The van der Waals surface area contributed by atoms with Gasteiger partial charge in [0.05, 0.1) is 6.54 Å². The molecule has 0 aliphatic carbocycles. The van der Waals surface area contributed by atoms with Crippen molar-refractivity contribution >= 4 is 11.9 Å². The summed E-state index contributed by atoms with van der Waals surface area (Å²) in [6.07, 6.45) is 2.83. The molecular weight excluding hydrogens is 270 g/mol. The number of nitrogens with two attached hydrogens (primary N) is 1. The molecule has 21 heavy (non-hydrogen) atoms. The van der Waals surface area contributed by atoms with Crippen LogP contribution in [0, 0.1) is 5.41 Å². The Labute approximate surface area is 125 Å². The number of aliphatic carboxylic acids is 1. The van der Waals surface area contributed by atoms with Gasteiger partial charge in [-0.05, 0) is 11.0 Å². The SMILES string of the molecule is CC(C)(C)C=CC(=O)O.NCC(=O)OCc1ccccc1. The standard InChI is InChI=1S/C9H11NO2.C7H12O2/c10-6-9(11)12-7-8-4-2-1-3-5-8;1-7(2,3)5-4-6(8)9/h1-5H,6-7,10H2;4-5H,1-3H3,(H,8,9). The van der Waals surface area contributed by atoms with Crippen LogP contribution in [0.25, 0.3) is 0 Å². The lowest BCUT2D eigenvalue weighted by Crippen LogP contribution is -2.16. The van der Waals surface area contributed by atoms with Crippen molar-refractivity contribution in [3.05, 3.63) is 48.0 Å². The van der Waals surface area contributed by atoms with Gasteiger partial charge in [-0.2, -0.15) is 0 Å². The third kappa shape index (κ3) is 12.6. The minimum absolute atomic E-state index is 0.0294. The Morgan fingerprint density at radius 3 is 2.19 bits per heavy atom. The van der Waals surface area contributed by atoms with Gasteiger partial charge in [0.2, 0.25) is 0 Å². The van der Waals surface area contributed by atoms with E-state index in [4.69, 9.17) is 15.6 Å². The Morgan fingerprint density at radius 2 is 1.81 bits per heavy atom. The van der Waals surface area contributed by atoms with Crippen LogP contribution < -0.4 is 5.73 Å². The third-order valence-corrected chi connectivity index (χ3v) is 2.14. The summed E-state index contributed by atoms with van der Waals surface area (Å²) in [7, 11) is 0. The molecule has 0 fully saturated rings. The normalized spacial score (nSPS) is 10.7. The second kappa shape index (κ2) is 9.72. The smallest absolute Gasteiger partial charge is 0.327 e. The van der Waals surface area contributed by atoms with Gasteiger partial charge in [-0.25, -0.2) is 4.79 Å². The summed E-state index contributed by atoms with van der Waals surface area (Å²) < 4.78 is 4.81. The van der Waals surface area contributed by atoms with Gasteiger partial charge in [0.15, 0.2) is 0 Å². The van der Waals surface area contributed by atoms with E-state index >= 15 is 0 Å². The summed E-state index contributed by atoms with van der Waals surface area (Å²) in [6.45, 7) is 6.09. The Bertz CT molecular complexity index is 461. The van der Waals surface area contributed by atoms with Crippen molar-refractivity contribution in [2.75, 3.05) is 6.54 Å². The lowest BCUT2D eigenvalue weighted by molar-refractivity contribution is -0.143. The van der Waals surface area contributed by atoms with Gasteiger partial charge in [-0.1, -0.05) is 57.2 Å². The average Bonchev–Trinajstić information content (AvgIpc) is 2.43. The maximum absolute atomic E-state index is 10.6. The zero-order valence-electron chi connectivity index (χ0n) is 12.7. The number of carboxylic acid groups (broad SMARTS) is 1. The molecule has 116 valence electrons. The van der Waals surface area contributed by atoms with Crippen molar-refractivity contribution in [1.82, 2.24) is 0 Å². The van der Waals surface area contributed by atoms with E-state index in [1.165, 1.54) is 6.08 Å². The minimum atomic E-state index is -0.884. The first kappa shape index (κ1) is 18.9. The van der Waals surface area contributed by atoms with Crippen LogP contribution in [-0.2, 0) is 20.9 Å². The molecule has 0 spiro atoms. The fourth-order valence-electron chi connectivity index (χ4n) is 1.12. The second-order valence-electron chi connectivity index (χ2n) is 5.39. The number of esters is 1. The molecule has 0 radical (unpaired) electrons. The first-order valence-electron chi connectivity index (χ1n) is 6.56. The number of benzene rings is 1. The maximum Gasteiger partial charge on any atom is 0.327 e. The largest absolute Gasteiger partial charge is 0.478 e. The maximum atomic E-state index is 10.6. The molecule has 0 atom stereocenters. The fourth-order valence-corrected chi connectivity index (χ4v) is 1.12. The van der Waals surface area contributed by atoms with Crippen LogP contribution in [0.5, 0.6) is 0 Å². The van der Waals surface area contributed by atoms with Crippen LogP contribution in [0.4, 0.5) is 0 Å². The molecule has 0 heterocycles. The predicted octanol–water partition coefficient (Wildman–Crippen LogP) is 2.36. The van der Waals surface area contributed by atoms with Crippen molar-refractivity contribution in [2.24, 2.45) is 11.1 Å². The quantitative estimate of drug-likeness (QED) is 0.657. The molecule has 0 aromatic heterocycles. The van der Waals surface area contributed by atoms with Gasteiger partial charge in [0.1, 0.15) is 6.61 Å². The van der Waals surface area contributed by atoms with Gasteiger partial charge >= 0.3 is 11.9 Å². The number of carbonyl (C=O) groups excluding carboxylic acids is 1. The molecule has 5 nitrogen and oxygen atoms in total. The van der Waals surface area contributed by atoms with Crippen LogP contribution in [0.2, 0.25) is 0 Å². The van der Waals surface area contributed by atoms with Crippen LogP contribution in [0.3, 0.4) is 0 Å². The van der Waals surface area contributed by atoms with E-state index in [1.807, 2.05) is 51.1 Å². The molecule has 0 amide bonds. The molecule has 1 rings (SSSR count). The summed E-state index contributed by atoms with van der Waals surface area (Å²) in [5.74, 6) is -1.26. The van der Waals surface area contributed by atoms with Crippen molar-refractivity contribution in [3.63, 3.8) is 0 Å². The number of carbonyl (C=O) groups is 2. The average molecular weight is 293 g/mol. The minimum Gasteiger partial charge on any atom is -0.478 e. The molecule has 0 aliphatic rings. The molecule has 0 saturated carbocycles. The van der Waals surface area contributed by atoms with E-state index in [2.05, 4.69) is 0 Å². The van der Waals surface area contributed by atoms with Gasteiger partial charge in [0.25, 0.3) is 0 Å². The van der Waals surface area contributed by atoms with E-state index in [-0.39, 0.29) is 17.9 Å². The summed E-state index contributed by atoms with van der Waals surface area (Å²) in [5, 5.41) is 8.19. The van der Waals surface area contributed by atoms with E-state index in [1.54, 1.807) is 6.08 Å². The van der Waals surface area contributed by atoms with E-state index < -0.39 is 5.97 Å². The summed E-state index contributed by atoms with van der Waals surface area (Å²) in [5.41, 5.74) is 6.00. The van der Waals surface area contributed by atoms with Crippen LogP contribution in [0.1, 0.15) is 26.3 Å². The zero-order valence-corrected chi connectivity index (χ0v) is 12.7. The summed E-state index contributed by atoms with van der Waals surface area (Å²) in [6, 6.07) is 9.49. The van der Waals surface area contributed by atoms with Crippen molar-refractivity contribution in [3.8, 4) is 0 Å². The van der Waals surface area contributed by atoms with Crippen molar-refractivity contribution < 1.29 is 19.4 Å². The fraction of sp³-hybridized carbons (Fsp3) is 0.375. The van der Waals surface area contributed by atoms with E-state index in [9.17, 15) is 9.59 Å². The van der Waals surface area contributed by atoms with Crippen LogP contribution in [-0.4, -0.2) is 23.6 Å². The Kier molecular flexibility index (Phi) is 8.73. The van der Waals surface area contributed by atoms with E-state index in [0.29, 0.717) is 6.61 Å². The monoisotopic (exact) mass is 293 g/mol. The number of hydrogen-bond donors (Lipinski definition) is 2. The lowest BCUT2D eigenvalue weighted by Gasteiger charge is -2.09. The van der Waals surface area contributed by atoms with Crippen molar-refractivity contribution in [1.29, 1.82) is 0 Å². The highest BCUT2D eigenvalue weighted by Crippen LogP contribution is 2.13. The zero-order chi connectivity index (χ0) is 16.3. The van der Waals surface area contributed by atoms with Gasteiger partial charge < -0.3 is 15.6 Å². The number of ether oxygens (including phenoxy) is 1. The predicted molar refractivity (Wildman–Crippen MR) is 81.5 cm³/mol. The first-order chi connectivity index (χ1) is 9.74. The summed E-state index contributed by atoms with van der Waals surface area (Å²) in [4.78, 5) is 20.6. The highest BCUT2D eigenvalue weighted by Gasteiger charge is 2.03. The topological polar surface area (TPSA) is 89.6 Å². The Balaban J connectivity index is 0.000000400. The van der Waals surface area contributed by atoms with Crippen LogP contribution >= 0.6 is 0 Å². The Morgan fingerprint density at radius 1 is 1.24 bits per heavy atom. The molecule has 0 bridgehead atoms. The summed E-state index contributed by atoms with van der Waals surface area (Å²) >= 11 is 0. The highest BCUT2D eigenvalue weighted by atomic mass is 16.5. The van der Waals surface area contributed by atoms with Gasteiger partial charge in [-0.3, -0.25) is 4.79 Å². The number of hydrogen-bond acceptors (Lipinski definition) is 4. The number of allylic oxidation sites excluding steroid dienone is 1. The van der Waals surface area contributed by atoms with E-state index in [0.717, 1.165) is 5.56 Å². The van der Waals surface area contributed by atoms with Gasteiger partial charge in [-0.15, -0.1) is 0 Å². The number of carboxylic acids is 1.